The minimum atomic E-state index is -4.43. The molecular formula is C20H24F3N3O4. The van der Waals surface area contributed by atoms with Gasteiger partial charge in [-0.15, -0.1) is 0 Å². The molecule has 1 aromatic carbocycles. The minimum Gasteiger partial charge on any atom is -0.379 e. The largest absolute Gasteiger partial charge is 0.416 e. The standard InChI is InChI=1S/C20H24F3N3O4/c1-24(12-14-2-4-15(5-3-14)20(21,22)23)18(28)16-13-26(19(29)17(16)27)7-6-25-8-10-30-11-9-25/h2-5,16H,6-13H2,1H3. The topological polar surface area (TPSA) is 70.2 Å². The van der Waals surface area contributed by atoms with Crippen LogP contribution >= 0.6 is 0 Å². The normalized spacial score (nSPS) is 20.7. The van der Waals surface area contributed by atoms with E-state index in [9.17, 15) is 27.6 Å². The van der Waals surface area contributed by atoms with Gasteiger partial charge in [-0.2, -0.15) is 13.2 Å². The Balaban J connectivity index is 1.55. The van der Waals surface area contributed by atoms with E-state index >= 15 is 0 Å². The number of carbonyl (C=O) groups excluding carboxylic acids is 3. The fourth-order valence-electron chi connectivity index (χ4n) is 3.58. The van der Waals surface area contributed by atoms with Crippen molar-refractivity contribution in [3.8, 4) is 0 Å². The van der Waals surface area contributed by atoms with Crippen molar-refractivity contribution in [3.05, 3.63) is 35.4 Å². The van der Waals surface area contributed by atoms with Crippen molar-refractivity contribution in [2.75, 3.05) is 53.0 Å². The number of rotatable bonds is 6. The van der Waals surface area contributed by atoms with Crippen LogP contribution in [0.25, 0.3) is 0 Å². The van der Waals surface area contributed by atoms with Crippen molar-refractivity contribution >= 4 is 17.6 Å². The van der Waals surface area contributed by atoms with Gasteiger partial charge in [-0.3, -0.25) is 19.3 Å². The van der Waals surface area contributed by atoms with Gasteiger partial charge in [0, 0.05) is 46.3 Å². The van der Waals surface area contributed by atoms with Crippen LogP contribution in [0.4, 0.5) is 13.2 Å². The average Bonchev–Trinajstić information content (AvgIpc) is 3.00. The van der Waals surface area contributed by atoms with Crippen LogP contribution in [0.3, 0.4) is 0 Å². The van der Waals surface area contributed by atoms with Crippen molar-refractivity contribution in [1.29, 1.82) is 0 Å². The second-order valence-corrected chi connectivity index (χ2v) is 7.51. The maximum absolute atomic E-state index is 12.7. The molecule has 30 heavy (non-hydrogen) atoms. The van der Waals surface area contributed by atoms with Crippen molar-refractivity contribution in [2.24, 2.45) is 5.92 Å². The molecule has 0 radical (unpaired) electrons. The number of ketones is 1. The number of likely N-dealkylation sites (tertiary alicyclic amines) is 1. The highest BCUT2D eigenvalue weighted by Gasteiger charge is 2.44. The molecule has 1 atom stereocenters. The molecule has 7 nitrogen and oxygen atoms in total. The van der Waals surface area contributed by atoms with Crippen LogP contribution in [-0.2, 0) is 31.8 Å². The molecule has 10 heteroatoms. The summed E-state index contributed by atoms with van der Waals surface area (Å²) in [7, 11) is 1.47. The third-order valence-electron chi connectivity index (χ3n) is 5.38. The van der Waals surface area contributed by atoms with Gasteiger partial charge in [0.2, 0.25) is 11.7 Å². The van der Waals surface area contributed by atoms with Crippen molar-refractivity contribution in [2.45, 2.75) is 12.7 Å². The minimum absolute atomic E-state index is 0.0260. The number of carbonyl (C=O) groups is 3. The second kappa shape index (κ2) is 9.13. The number of nitrogens with zero attached hydrogens (tertiary/aromatic N) is 3. The number of ether oxygens (including phenoxy) is 1. The molecule has 164 valence electrons. The molecule has 1 unspecified atom stereocenters. The summed E-state index contributed by atoms with van der Waals surface area (Å²) in [5.41, 5.74) is -0.271. The van der Waals surface area contributed by atoms with Crippen molar-refractivity contribution < 1.29 is 32.3 Å². The molecule has 2 heterocycles. The first-order chi connectivity index (χ1) is 14.2. The quantitative estimate of drug-likeness (QED) is 0.501. The predicted octanol–water partition coefficient (Wildman–Crippen LogP) is 1.02. The lowest BCUT2D eigenvalue weighted by Gasteiger charge is -2.28. The van der Waals surface area contributed by atoms with Crippen molar-refractivity contribution in [3.63, 3.8) is 0 Å². The molecule has 0 aliphatic carbocycles. The Morgan fingerprint density at radius 1 is 1.13 bits per heavy atom. The van der Waals surface area contributed by atoms with E-state index in [2.05, 4.69) is 4.90 Å². The third kappa shape index (κ3) is 5.17. The maximum atomic E-state index is 12.7. The van der Waals surface area contributed by atoms with Crippen molar-refractivity contribution in [1.82, 2.24) is 14.7 Å². The number of morpholine rings is 1. The van der Waals surface area contributed by atoms with Gasteiger partial charge in [-0.05, 0) is 17.7 Å². The first kappa shape index (κ1) is 22.2. The van der Waals surface area contributed by atoms with E-state index in [4.69, 9.17) is 4.74 Å². The molecule has 2 fully saturated rings. The van der Waals surface area contributed by atoms with Gasteiger partial charge in [0.15, 0.2) is 0 Å². The lowest BCUT2D eigenvalue weighted by atomic mass is 10.1. The summed E-state index contributed by atoms with van der Waals surface area (Å²) in [5, 5.41) is 0. The van der Waals surface area contributed by atoms with Crippen LogP contribution in [0.15, 0.2) is 24.3 Å². The molecule has 2 amide bonds. The summed E-state index contributed by atoms with van der Waals surface area (Å²) in [6, 6.07) is 4.49. The highest BCUT2D eigenvalue weighted by atomic mass is 19.4. The Kier molecular flexibility index (Phi) is 6.77. The number of Topliss-reactive ketones (excluding diaryl/α,β-unsaturated/α-hetero) is 1. The molecule has 2 aliphatic heterocycles. The van der Waals surface area contributed by atoms with Crippen LogP contribution in [0, 0.1) is 5.92 Å². The van der Waals surface area contributed by atoms with Crippen LogP contribution in [0.5, 0.6) is 0 Å². The van der Waals surface area contributed by atoms with Crippen LogP contribution in [0.2, 0.25) is 0 Å². The smallest absolute Gasteiger partial charge is 0.379 e. The summed E-state index contributed by atoms with van der Waals surface area (Å²) >= 11 is 0. The van der Waals surface area contributed by atoms with Crippen LogP contribution < -0.4 is 0 Å². The fraction of sp³-hybridized carbons (Fsp3) is 0.550. The molecule has 0 saturated carbocycles. The van der Waals surface area contributed by atoms with Gasteiger partial charge in [0.1, 0.15) is 5.92 Å². The molecule has 0 bridgehead atoms. The van der Waals surface area contributed by atoms with Gasteiger partial charge in [-0.1, -0.05) is 12.1 Å². The summed E-state index contributed by atoms with van der Waals surface area (Å²) in [5.74, 6) is -2.99. The first-order valence-electron chi connectivity index (χ1n) is 9.71. The summed E-state index contributed by atoms with van der Waals surface area (Å²) in [4.78, 5) is 42.1. The van der Waals surface area contributed by atoms with E-state index in [-0.39, 0.29) is 13.1 Å². The zero-order valence-electron chi connectivity index (χ0n) is 16.7. The number of alkyl halides is 3. The molecule has 2 saturated heterocycles. The van der Waals surface area contributed by atoms with Crippen LogP contribution in [-0.4, -0.2) is 85.3 Å². The zero-order valence-corrected chi connectivity index (χ0v) is 16.7. The highest BCUT2D eigenvalue weighted by molar-refractivity contribution is 6.42. The number of benzene rings is 1. The molecule has 0 aromatic heterocycles. The van der Waals surface area contributed by atoms with Gasteiger partial charge in [0.05, 0.1) is 18.8 Å². The highest BCUT2D eigenvalue weighted by Crippen LogP contribution is 2.29. The number of halogens is 3. The molecule has 1 aromatic rings. The molecule has 0 spiro atoms. The Bertz CT molecular complexity index is 791. The van der Waals surface area contributed by atoms with E-state index in [0.717, 1.165) is 25.2 Å². The number of amides is 2. The summed E-state index contributed by atoms with van der Waals surface area (Å²) in [6.45, 7) is 3.80. The molecule has 0 N–H and O–H groups in total. The molecular weight excluding hydrogens is 403 g/mol. The Labute approximate surface area is 172 Å². The van der Waals surface area contributed by atoms with E-state index in [0.29, 0.717) is 31.9 Å². The van der Waals surface area contributed by atoms with Gasteiger partial charge < -0.3 is 14.5 Å². The van der Waals surface area contributed by atoms with E-state index in [1.54, 1.807) is 0 Å². The number of hydrogen-bond acceptors (Lipinski definition) is 5. The zero-order chi connectivity index (χ0) is 21.9. The number of hydrogen-bond donors (Lipinski definition) is 0. The summed E-state index contributed by atoms with van der Waals surface area (Å²) < 4.78 is 43.3. The monoisotopic (exact) mass is 427 g/mol. The lowest BCUT2D eigenvalue weighted by Crippen LogP contribution is -2.42. The Hall–Kier alpha value is -2.46. The SMILES string of the molecule is CN(Cc1ccc(C(F)(F)F)cc1)C(=O)C1CN(CCN2CCOCC2)C(=O)C1=O. The van der Waals surface area contributed by atoms with E-state index < -0.39 is 35.3 Å². The molecule has 3 rings (SSSR count). The third-order valence-corrected chi connectivity index (χ3v) is 5.38. The van der Waals surface area contributed by atoms with Gasteiger partial charge >= 0.3 is 6.18 Å². The Morgan fingerprint density at radius 2 is 1.77 bits per heavy atom. The second-order valence-electron chi connectivity index (χ2n) is 7.51. The van der Waals surface area contributed by atoms with Gasteiger partial charge in [-0.25, -0.2) is 0 Å². The molecule has 2 aliphatic rings. The lowest BCUT2D eigenvalue weighted by molar-refractivity contribution is -0.144. The van der Waals surface area contributed by atoms with E-state index in [1.165, 1.54) is 29.0 Å². The maximum Gasteiger partial charge on any atom is 0.416 e. The summed E-state index contributed by atoms with van der Waals surface area (Å²) in [6.07, 6.45) is -4.43. The predicted molar refractivity (Wildman–Crippen MR) is 100 cm³/mol. The average molecular weight is 427 g/mol. The fourth-order valence-corrected chi connectivity index (χ4v) is 3.58. The Morgan fingerprint density at radius 3 is 2.37 bits per heavy atom. The van der Waals surface area contributed by atoms with Gasteiger partial charge in [0.25, 0.3) is 5.91 Å². The first-order valence-corrected chi connectivity index (χ1v) is 9.71. The van der Waals surface area contributed by atoms with Crippen LogP contribution in [0.1, 0.15) is 11.1 Å². The van der Waals surface area contributed by atoms with E-state index in [1.807, 2.05) is 0 Å².